The van der Waals surface area contributed by atoms with E-state index in [1.807, 2.05) is 6.07 Å². The fourth-order valence-electron chi connectivity index (χ4n) is 1.51. The van der Waals surface area contributed by atoms with E-state index in [9.17, 15) is 10.1 Å². The Morgan fingerprint density at radius 1 is 1.37 bits per heavy atom. The van der Waals surface area contributed by atoms with E-state index in [4.69, 9.17) is 4.74 Å². The zero-order valence-corrected chi connectivity index (χ0v) is 10.2. The van der Waals surface area contributed by atoms with Gasteiger partial charge in [-0.25, -0.2) is 4.98 Å². The molecular formula is C12H12N4O3. The number of rotatable bonds is 5. The fourth-order valence-corrected chi connectivity index (χ4v) is 1.51. The van der Waals surface area contributed by atoms with Crippen molar-refractivity contribution in [3.8, 4) is 5.88 Å². The maximum Gasteiger partial charge on any atom is 0.386 e. The average Bonchev–Trinajstić information content (AvgIpc) is 2.46. The normalized spacial score (nSPS) is 9.95. The Morgan fingerprint density at radius 3 is 2.84 bits per heavy atom. The molecule has 0 aliphatic heterocycles. The topological polar surface area (TPSA) is 90.2 Å². The largest absolute Gasteiger partial charge is 0.481 e. The van der Waals surface area contributed by atoms with Crippen molar-refractivity contribution < 1.29 is 9.66 Å². The minimum absolute atomic E-state index is 0.191. The molecule has 0 aliphatic rings. The Hall–Kier alpha value is -2.70. The molecule has 0 aromatic carbocycles. The molecule has 0 unspecified atom stereocenters. The van der Waals surface area contributed by atoms with Crippen LogP contribution in [-0.2, 0) is 6.54 Å². The lowest BCUT2D eigenvalue weighted by Gasteiger charge is -2.06. The molecule has 7 heteroatoms. The quantitative estimate of drug-likeness (QED) is 0.653. The van der Waals surface area contributed by atoms with Crippen LogP contribution >= 0.6 is 0 Å². The molecule has 0 atom stereocenters. The summed E-state index contributed by atoms with van der Waals surface area (Å²) in [5.74, 6) is 0.333. The van der Waals surface area contributed by atoms with Crippen LogP contribution < -0.4 is 10.1 Å². The van der Waals surface area contributed by atoms with Gasteiger partial charge in [0, 0.05) is 18.8 Å². The van der Waals surface area contributed by atoms with E-state index < -0.39 is 4.92 Å². The summed E-state index contributed by atoms with van der Waals surface area (Å²) in [5.41, 5.74) is 1.27. The van der Waals surface area contributed by atoms with Crippen molar-refractivity contribution in [1.82, 2.24) is 9.97 Å². The van der Waals surface area contributed by atoms with Crippen LogP contribution in [0, 0.1) is 10.1 Å². The monoisotopic (exact) mass is 260 g/mol. The van der Waals surface area contributed by atoms with Crippen molar-refractivity contribution >= 4 is 11.5 Å². The predicted octanol–water partition coefficient (Wildman–Crippen LogP) is 2.01. The number of methoxy groups -OCH3 is 1. The van der Waals surface area contributed by atoms with Gasteiger partial charge in [-0.1, -0.05) is 6.07 Å². The van der Waals surface area contributed by atoms with Crippen LogP contribution in [-0.4, -0.2) is 22.0 Å². The van der Waals surface area contributed by atoms with E-state index in [-0.39, 0.29) is 5.82 Å². The maximum absolute atomic E-state index is 10.8. The van der Waals surface area contributed by atoms with E-state index in [0.717, 1.165) is 5.56 Å². The molecule has 0 bridgehead atoms. The SMILES string of the molecule is COc1ccc(CNc2cccnc2[N+](=O)[O-])cn1. The standard InChI is InChI=1S/C12H12N4O3/c1-19-11-5-4-9(8-15-11)7-14-10-3-2-6-13-12(10)16(17)18/h2-6,8,14H,7H2,1H3. The van der Waals surface area contributed by atoms with Crippen LogP contribution in [0.15, 0.2) is 36.7 Å². The number of hydrogen-bond donors (Lipinski definition) is 1. The van der Waals surface area contributed by atoms with Gasteiger partial charge in [0.25, 0.3) is 0 Å². The van der Waals surface area contributed by atoms with Gasteiger partial charge in [-0.15, -0.1) is 0 Å². The maximum atomic E-state index is 10.8. The van der Waals surface area contributed by atoms with E-state index in [1.54, 1.807) is 31.5 Å². The molecule has 0 saturated heterocycles. The van der Waals surface area contributed by atoms with Gasteiger partial charge in [0.1, 0.15) is 11.9 Å². The van der Waals surface area contributed by atoms with Gasteiger partial charge in [-0.2, -0.15) is 0 Å². The van der Waals surface area contributed by atoms with Gasteiger partial charge in [0.05, 0.1) is 7.11 Å². The number of nitrogens with one attached hydrogen (secondary N) is 1. The first-order chi connectivity index (χ1) is 9.20. The molecule has 0 aliphatic carbocycles. The Labute approximate surface area is 109 Å². The van der Waals surface area contributed by atoms with Crippen molar-refractivity contribution in [2.75, 3.05) is 12.4 Å². The van der Waals surface area contributed by atoms with Gasteiger partial charge < -0.3 is 20.2 Å². The molecule has 1 N–H and O–H groups in total. The zero-order valence-electron chi connectivity index (χ0n) is 10.2. The van der Waals surface area contributed by atoms with Crippen LogP contribution in [0.2, 0.25) is 0 Å². The molecule has 2 aromatic rings. The molecule has 2 rings (SSSR count). The van der Waals surface area contributed by atoms with Crippen molar-refractivity contribution in [3.05, 3.63) is 52.3 Å². The first-order valence-electron chi connectivity index (χ1n) is 5.53. The molecule has 0 fully saturated rings. The van der Waals surface area contributed by atoms with E-state index in [1.165, 1.54) is 6.20 Å². The molecule has 0 amide bonds. The Morgan fingerprint density at radius 2 is 2.21 bits per heavy atom. The predicted molar refractivity (Wildman–Crippen MR) is 69.0 cm³/mol. The summed E-state index contributed by atoms with van der Waals surface area (Å²) in [7, 11) is 1.54. The highest BCUT2D eigenvalue weighted by Gasteiger charge is 2.13. The average molecular weight is 260 g/mol. The Bertz CT molecular complexity index is 571. The van der Waals surface area contributed by atoms with Crippen LogP contribution in [0.25, 0.3) is 0 Å². The smallest absolute Gasteiger partial charge is 0.386 e. The number of anilines is 1. The first-order valence-corrected chi connectivity index (χ1v) is 5.53. The lowest BCUT2D eigenvalue weighted by atomic mass is 10.2. The second-order valence-corrected chi connectivity index (χ2v) is 3.69. The summed E-state index contributed by atoms with van der Waals surface area (Å²) >= 11 is 0. The fraction of sp³-hybridized carbons (Fsp3) is 0.167. The third-order valence-corrected chi connectivity index (χ3v) is 2.45. The lowest BCUT2D eigenvalue weighted by Crippen LogP contribution is -2.04. The van der Waals surface area contributed by atoms with E-state index >= 15 is 0 Å². The van der Waals surface area contributed by atoms with Crippen LogP contribution in [0.4, 0.5) is 11.5 Å². The van der Waals surface area contributed by atoms with Crippen molar-refractivity contribution in [1.29, 1.82) is 0 Å². The number of ether oxygens (including phenoxy) is 1. The second-order valence-electron chi connectivity index (χ2n) is 3.69. The minimum Gasteiger partial charge on any atom is -0.481 e. The number of nitrogens with zero attached hydrogens (tertiary/aromatic N) is 3. The van der Waals surface area contributed by atoms with Crippen molar-refractivity contribution in [2.45, 2.75) is 6.54 Å². The molecular weight excluding hydrogens is 248 g/mol. The molecule has 2 heterocycles. The Balaban J connectivity index is 2.07. The van der Waals surface area contributed by atoms with Gasteiger partial charge in [-0.3, -0.25) is 0 Å². The third-order valence-electron chi connectivity index (χ3n) is 2.45. The molecule has 19 heavy (non-hydrogen) atoms. The molecule has 0 radical (unpaired) electrons. The van der Waals surface area contributed by atoms with Gasteiger partial charge in [0.2, 0.25) is 5.88 Å². The lowest BCUT2D eigenvalue weighted by molar-refractivity contribution is -0.388. The summed E-state index contributed by atoms with van der Waals surface area (Å²) in [6.07, 6.45) is 3.03. The third kappa shape index (κ3) is 3.15. The van der Waals surface area contributed by atoms with Crippen LogP contribution in [0.5, 0.6) is 5.88 Å². The zero-order chi connectivity index (χ0) is 13.7. The van der Waals surface area contributed by atoms with Crippen molar-refractivity contribution in [3.63, 3.8) is 0 Å². The number of hydrogen-bond acceptors (Lipinski definition) is 6. The molecule has 0 saturated carbocycles. The molecule has 7 nitrogen and oxygen atoms in total. The molecule has 98 valence electrons. The highest BCUT2D eigenvalue weighted by Crippen LogP contribution is 2.20. The van der Waals surface area contributed by atoms with E-state index in [0.29, 0.717) is 18.1 Å². The minimum atomic E-state index is -0.519. The highest BCUT2D eigenvalue weighted by molar-refractivity contribution is 5.56. The van der Waals surface area contributed by atoms with Crippen LogP contribution in [0.1, 0.15) is 5.56 Å². The van der Waals surface area contributed by atoms with Crippen LogP contribution in [0.3, 0.4) is 0 Å². The number of aromatic nitrogens is 2. The summed E-state index contributed by atoms with van der Waals surface area (Å²) in [4.78, 5) is 18.0. The summed E-state index contributed by atoms with van der Waals surface area (Å²) in [6.45, 7) is 0.420. The molecule has 2 aromatic heterocycles. The van der Waals surface area contributed by atoms with Gasteiger partial charge in [0.15, 0.2) is 0 Å². The highest BCUT2D eigenvalue weighted by atomic mass is 16.6. The van der Waals surface area contributed by atoms with Gasteiger partial charge >= 0.3 is 5.82 Å². The number of nitro groups is 1. The Kier molecular flexibility index (Phi) is 3.87. The van der Waals surface area contributed by atoms with Gasteiger partial charge in [-0.05, 0) is 27.6 Å². The second kappa shape index (κ2) is 5.76. The van der Waals surface area contributed by atoms with Crippen molar-refractivity contribution in [2.24, 2.45) is 0 Å². The first kappa shape index (κ1) is 12.7. The molecule has 0 spiro atoms. The number of pyridine rings is 2. The summed E-state index contributed by atoms with van der Waals surface area (Å²) in [6, 6.07) is 6.82. The van der Waals surface area contributed by atoms with E-state index in [2.05, 4.69) is 15.3 Å². The summed E-state index contributed by atoms with van der Waals surface area (Å²) in [5, 5.41) is 13.8. The summed E-state index contributed by atoms with van der Waals surface area (Å²) < 4.78 is 4.95.